The van der Waals surface area contributed by atoms with E-state index in [1.54, 1.807) is 15.9 Å². The van der Waals surface area contributed by atoms with Gasteiger partial charge in [0.15, 0.2) is 5.82 Å². The number of fused-ring (bicyclic) bond motifs is 1. The highest BCUT2D eigenvalue weighted by Crippen LogP contribution is 2.21. The molecule has 2 aromatic heterocycles. The molecule has 0 aliphatic heterocycles. The molecule has 19 heavy (non-hydrogen) atoms. The van der Waals surface area contributed by atoms with E-state index in [1.165, 1.54) is 0 Å². The molecule has 0 saturated heterocycles. The van der Waals surface area contributed by atoms with E-state index in [1.807, 2.05) is 30.3 Å². The molecule has 2 N–H and O–H groups in total. The Morgan fingerprint density at radius 1 is 1.26 bits per heavy atom. The molecule has 0 fully saturated rings. The van der Waals surface area contributed by atoms with Crippen LogP contribution in [0.4, 0.5) is 0 Å². The highest BCUT2D eigenvalue weighted by molar-refractivity contribution is 7.16. The molecule has 1 aromatic carbocycles. The third kappa shape index (κ3) is 2.36. The summed E-state index contributed by atoms with van der Waals surface area (Å²) in [4.78, 5) is 0.817. The SMILES string of the molecule is CCC(N)Cc1nn2c(-c3ccccc3)nnc2s1. The molecule has 0 aliphatic carbocycles. The normalized spacial score (nSPS) is 12.9. The summed E-state index contributed by atoms with van der Waals surface area (Å²) >= 11 is 1.55. The Balaban J connectivity index is 1.99. The summed E-state index contributed by atoms with van der Waals surface area (Å²) in [5, 5.41) is 14.0. The van der Waals surface area contributed by atoms with Crippen LogP contribution in [-0.2, 0) is 6.42 Å². The van der Waals surface area contributed by atoms with Gasteiger partial charge in [0.05, 0.1) is 0 Å². The molecular weight excluding hydrogens is 258 g/mol. The zero-order chi connectivity index (χ0) is 13.2. The minimum absolute atomic E-state index is 0.156. The van der Waals surface area contributed by atoms with Gasteiger partial charge < -0.3 is 5.73 Å². The van der Waals surface area contributed by atoms with E-state index in [0.717, 1.165) is 34.2 Å². The molecule has 3 rings (SSSR count). The Morgan fingerprint density at radius 2 is 2.05 bits per heavy atom. The molecular formula is C13H15N5S. The molecule has 0 amide bonds. The van der Waals surface area contributed by atoms with E-state index in [2.05, 4.69) is 22.2 Å². The van der Waals surface area contributed by atoms with Crippen molar-refractivity contribution >= 4 is 16.3 Å². The van der Waals surface area contributed by atoms with Gasteiger partial charge in [-0.1, -0.05) is 48.6 Å². The number of hydrogen-bond donors (Lipinski definition) is 1. The molecule has 0 spiro atoms. The Morgan fingerprint density at radius 3 is 2.79 bits per heavy atom. The third-order valence-corrected chi connectivity index (χ3v) is 3.95. The van der Waals surface area contributed by atoms with Crippen molar-refractivity contribution < 1.29 is 0 Å². The number of rotatable bonds is 4. The quantitative estimate of drug-likeness (QED) is 0.790. The molecule has 0 aliphatic rings. The van der Waals surface area contributed by atoms with Gasteiger partial charge in [-0.3, -0.25) is 0 Å². The second kappa shape index (κ2) is 5.07. The van der Waals surface area contributed by atoms with Crippen LogP contribution in [0.25, 0.3) is 16.3 Å². The van der Waals surface area contributed by atoms with Gasteiger partial charge in [-0.2, -0.15) is 9.61 Å². The van der Waals surface area contributed by atoms with E-state index in [4.69, 9.17) is 5.73 Å². The highest BCUT2D eigenvalue weighted by Gasteiger charge is 2.14. The van der Waals surface area contributed by atoms with Crippen LogP contribution in [0.2, 0.25) is 0 Å². The van der Waals surface area contributed by atoms with E-state index in [-0.39, 0.29) is 6.04 Å². The summed E-state index contributed by atoms with van der Waals surface area (Å²) < 4.78 is 1.80. The Labute approximate surface area is 115 Å². The molecule has 0 bridgehead atoms. The maximum Gasteiger partial charge on any atom is 0.234 e. The lowest BCUT2D eigenvalue weighted by Crippen LogP contribution is -2.21. The summed E-state index contributed by atoms with van der Waals surface area (Å²) in [6.45, 7) is 2.08. The van der Waals surface area contributed by atoms with Gasteiger partial charge in [-0.05, 0) is 6.42 Å². The van der Waals surface area contributed by atoms with Crippen LogP contribution in [0.5, 0.6) is 0 Å². The van der Waals surface area contributed by atoms with Crippen molar-refractivity contribution in [3.05, 3.63) is 35.3 Å². The summed E-state index contributed by atoms with van der Waals surface area (Å²) in [7, 11) is 0. The number of nitrogens with two attached hydrogens (primary N) is 1. The maximum atomic E-state index is 5.97. The first-order valence-electron chi connectivity index (χ1n) is 6.30. The summed E-state index contributed by atoms with van der Waals surface area (Å²) in [5.74, 6) is 0.781. The molecule has 1 atom stereocenters. The molecule has 1 unspecified atom stereocenters. The molecule has 0 saturated carbocycles. The number of aromatic nitrogens is 4. The summed E-state index contributed by atoms with van der Waals surface area (Å²) in [6.07, 6.45) is 1.74. The van der Waals surface area contributed by atoms with Crippen LogP contribution in [-0.4, -0.2) is 25.9 Å². The van der Waals surface area contributed by atoms with E-state index in [0.29, 0.717) is 0 Å². The van der Waals surface area contributed by atoms with Crippen molar-refractivity contribution in [2.45, 2.75) is 25.8 Å². The predicted molar refractivity (Wildman–Crippen MR) is 76.1 cm³/mol. The largest absolute Gasteiger partial charge is 0.327 e. The van der Waals surface area contributed by atoms with Crippen molar-refractivity contribution in [3.8, 4) is 11.4 Å². The van der Waals surface area contributed by atoms with E-state index >= 15 is 0 Å². The van der Waals surface area contributed by atoms with Crippen LogP contribution >= 0.6 is 11.3 Å². The number of benzene rings is 1. The molecule has 0 radical (unpaired) electrons. The number of hydrogen-bond acceptors (Lipinski definition) is 5. The van der Waals surface area contributed by atoms with Crippen molar-refractivity contribution in [1.29, 1.82) is 0 Å². The van der Waals surface area contributed by atoms with Crippen LogP contribution in [0.1, 0.15) is 18.4 Å². The van der Waals surface area contributed by atoms with Gasteiger partial charge in [-0.25, -0.2) is 0 Å². The first kappa shape index (κ1) is 12.3. The molecule has 5 nitrogen and oxygen atoms in total. The minimum atomic E-state index is 0.156. The van der Waals surface area contributed by atoms with Gasteiger partial charge in [0.1, 0.15) is 5.01 Å². The molecule has 6 heteroatoms. The fourth-order valence-electron chi connectivity index (χ4n) is 1.87. The first-order valence-corrected chi connectivity index (χ1v) is 7.11. The Bertz CT molecular complexity index is 673. The van der Waals surface area contributed by atoms with Crippen molar-refractivity contribution in [1.82, 2.24) is 19.8 Å². The summed E-state index contributed by atoms with van der Waals surface area (Å²) in [6, 6.07) is 10.1. The van der Waals surface area contributed by atoms with Crippen molar-refractivity contribution in [2.24, 2.45) is 5.73 Å². The predicted octanol–water partition coefficient (Wildman–Crippen LogP) is 2.13. The molecule has 2 heterocycles. The van der Waals surface area contributed by atoms with Crippen molar-refractivity contribution in [3.63, 3.8) is 0 Å². The fourth-order valence-corrected chi connectivity index (χ4v) is 2.80. The van der Waals surface area contributed by atoms with E-state index in [9.17, 15) is 0 Å². The Kier molecular flexibility index (Phi) is 3.27. The van der Waals surface area contributed by atoms with Crippen LogP contribution in [0.3, 0.4) is 0 Å². The monoisotopic (exact) mass is 273 g/mol. The third-order valence-electron chi connectivity index (χ3n) is 3.03. The van der Waals surface area contributed by atoms with Gasteiger partial charge in [0, 0.05) is 18.0 Å². The van der Waals surface area contributed by atoms with Gasteiger partial charge in [-0.15, -0.1) is 10.2 Å². The lowest BCUT2D eigenvalue weighted by atomic mass is 10.2. The zero-order valence-corrected chi connectivity index (χ0v) is 11.5. The first-order chi connectivity index (χ1) is 9.28. The standard InChI is InChI=1S/C13H15N5S/c1-2-10(14)8-11-17-18-12(15-16-13(18)19-11)9-6-4-3-5-7-9/h3-7,10H,2,8,14H2,1H3. The minimum Gasteiger partial charge on any atom is -0.327 e. The summed E-state index contributed by atoms with van der Waals surface area (Å²) in [5.41, 5.74) is 6.99. The van der Waals surface area contributed by atoms with Gasteiger partial charge >= 0.3 is 0 Å². The van der Waals surface area contributed by atoms with Crippen LogP contribution < -0.4 is 5.73 Å². The maximum absolute atomic E-state index is 5.97. The molecule has 3 aromatic rings. The second-order valence-electron chi connectivity index (χ2n) is 4.45. The number of nitrogens with zero attached hydrogens (tertiary/aromatic N) is 4. The smallest absolute Gasteiger partial charge is 0.234 e. The average molecular weight is 273 g/mol. The fraction of sp³-hybridized carbons (Fsp3) is 0.308. The van der Waals surface area contributed by atoms with E-state index < -0.39 is 0 Å². The Hall–Kier alpha value is -1.79. The van der Waals surface area contributed by atoms with Gasteiger partial charge in [0.2, 0.25) is 4.96 Å². The zero-order valence-electron chi connectivity index (χ0n) is 10.7. The highest BCUT2D eigenvalue weighted by atomic mass is 32.1. The molecule has 98 valence electrons. The van der Waals surface area contributed by atoms with Crippen LogP contribution in [0, 0.1) is 0 Å². The second-order valence-corrected chi connectivity index (χ2v) is 5.49. The van der Waals surface area contributed by atoms with Crippen LogP contribution in [0.15, 0.2) is 30.3 Å². The lowest BCUT2D eigenvalue weighted by Gasteiger charge is -2.03. The van der Waals surface area contributed by atoms with Gasteiger partial charge in [0.25, 0.3) is 0 Å². The lowest BCUT2D eigenvalue weighted by molar-refractivity contribution is 0.638. The van der Waals surface area contributed by atoms with Crippen molar-refractivity contribution in [2.75, 3.05) is 0 Å². The topological polar surface area (TPSA) is 69.1 Å². The average Bonchev–Trinajstić information content (AvgIpc) is 2.99.